The molecule has 0 saturated carbocycles. The number of carbonyl (C=O) groups excluding carboxylic acids is 1. The molecule has 8 nitrogen and oxygen atoms in total. The van der Waals surface area contributed by atoms with Crippen LogP contribution in [-0.4, -0.2) is 68.6 Å². The van der Waals surface area contributed by atoms with Crippen LogP contribution in [0.1, 0.15) is 28.7 Å². The van der Waals surface area contributed by atoms with E-state index in [0.717, 1.165) is 37.4 Å². The lowest BCUT2D eigenvalue weighted by molar-refractivity contribution is -0.924. The minimum atomic E-state index is -3.50. The van der Waals surface area contributed by atoms with E-state index < -0.39 is 10.0 Å². The molecule has 29 heavy (non-hydrogen) atoms. The highest BCUT2D eigenvalue weighted by Crippen LogP contribution is 2.21. The average Bonchev–Trinajstić information content (AvgIpc) is 2.96. The van der Waals surface area contributed by atoms with Gasteiger partial charge in [0.25, 0.3) is 0 Å². The number of ketones is 1. The van der Waals surface area contributed by atoms with Gasteiger partial charge in [0.15, 0.2) is 12.5 Å². The molecule has 0 unspecified atom stereocenters. The van der Waals surface area contributed by atoms with Crippen LogP contribution in [-0.2, 0) is 16.7 Å². The number of aromatic nitrogens is 2. The number of aryl methyl sites for hydroxylation is 1. The lowest BCUT2D eigenvalue weighted by Gasteiger charge is -2.33. The van der Waals surface area contributed by atoms with E-state index in [-0.39, 0.29) is 5.78 Å². The van der Waals surface area contributed by atoms with Crippen LogP contribution in [0.4, 0.5) is 5.69 Å². The van der Waals surface area contributed by atoms with Crippen molar-refractivity contribution in [2.45, 2.75) is 32.3 Å². The van der Waals surface area contributed by atoms with E-state index in [9.17, 15) is 13.2 Å². The first kappa shape index (κ1) is 21.5. The van der Waals surface area contributed by atoms with Gasteiger partial charge in [-0.3, -0.25) is 4.79 Å². The fourth-order valence-corrected chi connectivity index (χ4v) is 5.01. The van der Waals surface area contributed by atoms with Crippen LogP contribution in [0.3, 0.4) is 0 Å². The number of sulfonamides is 1. The summed E-state index contributed by atoms with van der Waals surface area (Å²) in [4.78, 5) is 15.4. The number of carbonyl (C=O) groups is 1. The third-order valence-electron chi connectivity index (χ3n) is 5.54. The van der Waals surface area contributed by atoms with Crippen LogP contribution < -0.4 is 9.80 Å². The third kappa shape index (κ3) is 4.36. The van der Waals surface area contributed by atoms with E-state index in [1.54, 1.807) is 27.9 Å². The minimum Gasteiger partial charge on any atom is -0.360 e. The second-order valence-electron chi connectivity index (χ2n) is 7.79. The Balaban J connectivity index is 1.66. The van der Waals surface area contributed by atoms with E-state index >= 15 is 0 Å². The van der Waals surface area contributed by atoms with Crippen molar-refractivity contribution in [2.24, 2.45) is 0 Å². The second-order valence-corrected chi connectivity index (χ2v) is 9.87. The first-order valence-corrected chi connectivity index (χ1v) is 11.2. The Labute approximate surface area is 172 Å². The molecule has 3 rings (SSSR count). The maximum absolute atomic E-state index is 12.6. The van der Waals surface area contributed by atoms with Gasteiger partial charge in [0.2, 0.25) is 10.0 Å². The van der Waals surface area contributed by atoms with Gasteiger partial charge in [-0.05, 0) is 45.0 Å². The summed E-state index contributed by atoms with van der Waals surface area (Å²) in [6.07, 6.45) is 0. The summed E-state index contributed by atoms with van der Waals surface area (Å²) in [6, 6.07) is 7.75. The largest absolute Gasteiger partial charge is 0.360 e. The maximum Gasteiger partial charge on any atom is 0.246 e. The quantitative estimate of drug-likeness (QED) is 0.681. The fourth-order valence-electron chi connectivity index (χ4n) is 3.75. The number of nitrogens with one attached hydrogen (secondary N) is 1. The van der Waals surface area contributed by atoms with Crippen LogP contribution in [0.25, 0.3) is 0 Å². The molecule has 1 fully saturated rings. The molecule has 1 aromatic heterocycles. The van der Waals surface area contributed by atoms with Gasteiger partial charge in [0.05, 0.1) is 37.6 Å². The molecular formula is C20H30N5O3S+. The number of rotatable bonds is 6. The van der Waals surface area contributed by atoms with Gasteiger partial charge in [-0.25, -0.2) is 17.4 Å². The van der Waals surface area contributed by atoms with E-state index in [1.165, 1.54) is 9.21 Å². The molecule has 1 aliphatic heterocycles. The van der Waals surface area contributed by atoms with E-state index in [4.69, 9.17) is 0 Å². The molecule has 0 radical (unpaired) electrons. The van der Waals surface area contributed by atoms with Crippen LogP contribution >= 0.6 is 0 Å². The molecule has 9 heteroatoms. The number of hydrogen-bond donors (Lipinski definition) is 1. The van der Waals surface area contributed by atoms with Crippen LogP contribution in [0.5, 0.6) is 0 Å². The van der Waals surface area contributed by atoms with Crippen LogP contribution in [0.15, 0.2) is 29.2 Å². The zero-order valence-corrected chi connectivity index (χ0v) is 18.6. The molecule has 1 saturated heterocycles. The van der Waals surface area contributed by atoms with Gasteiger partial charge >= 0.3 is 0 Å². The minimum absolute atomic E-state index is 0.0753. The van der Waals surface area contributed by atoms with Gasteiger partial charge in [-0.1, -0.05) is 0 Å². The normalized spacial score (nSPS) is 15.9. The van der Waals surface area contributed by atoms with E-state index in [2.05, 4.69) is 10.00 Å². The number of benzene rings is 1. The molecular weight excluding hydrogens is 390 g/mol. The van der Waals surface area contributed by atoms with Crippen molar-refractivity contribution in [1.82, 2.24) is 14.1 Å². The first-order valence-electron chi connectivity index (χ1n) is 9.77. The van der Waals surface area contributed by atoms with Gasteiger partial charge in [-0.2, -0.15) is 5.10 Å². The molecule has 1 aromatic carbocycles. The number of piperazine rings is 1. The molecule has 0 atom stereocenters. The Morgan fingerprint density at radius 3 is 2.24 bits per heavy atom. The topological polar surface area (TPSA) is 80.0 Å². The van der Waals surface area contributed by atoms with Gasteiger partial charge < -0.3 is 9.80 Å². The summed E-state index contributed by atoms with van der Waals surface area (Å²) in [5.41, 5.74) is 3.08. The Kier molecular flexibility index (Phi) is 6.11. The highest BCUT2D eigenvalue weighted by Gasteiger charge is 2.28. The molecule has 2 aromatic rings. The molecule has 158 valence electrons. The summed E-state index contributed by atoms with van der Waals surface area (Å²) >= 11 is 0. The Morgan fingerprint density at radius 2 is 1.72 bits per heavy atom. The van der Waals surface area contributed by atoms with Crippen molar-refractivity contribution in [3.05, 3.63) is 41.2 Å². The maximum atomic E-state index is 12.6. The SMILES string of the molecule is CC(=O)c1ccc(N2CC[NH+](Cn3nc(C)c(S(=O)(=O)N(C)C)c3C)CC2)cc1. The van der Waals surface area contributed by atoms with Gasteiger partial charge in [0.1, 0.15) is 4.90 Å². The second kappa shape index (κ2) is 8.25. The molecule has 0 aliphatic carbocycles. The third-order valence-corrected chi connectivity index (χ3v) is 7.60. The number of anilines is 1. The Bertz CT molecular complexity index is 988. The monoisotopic (exact) mass is 420 g/mol. The van der Waals surface area contributed by atoms with Crippen molar-refractivity contribution in [1.29, 1.82) is 0 Å². The molecule has 1 N–H and O–H groups in total. The summed E-state index contributed by atoms with van der Waals surface area (Å²) in [5, 5.41) is 4.50. The zero-order valence-electron chi connectivity index (χ0n) is 17.8. The number of nitrogens with zero attached hydrogens (tertiary/aromatic N) is 4. The van der Waals surface area contributed by atoms with Crippen LogP contribution in [0.2, 0.25) is 0 Å². The van der Waals surface area contributed by atoms with Crippen molar-refractivity contribution in [3.63, 3.8) is 0 Å². The summed E-state index contributed by atoms with van der Waals surface area (Å²) in [6.45, 7) is 9.46. The molecule has 2 heterocycles. The van der Waals surface area contributed by atoms with E-state index in [1.807, 2.05) is 35.9 Å². The fraction of sp³-hybridized carbons (Fsp3) is 0.500. The van der Waals surface area contributed by atoms with Crippen molar-refractivity contribution < 1.29 is 18.1 Å². The highest BCUT2D eigenvalue weighted by atomic mass is 32.2. The zero-order chi connectivity index (χ0) is 21.3. The molecule has 0 amide bonds. The molecule has 0 spiro atoms. The Morgan fingerprint density at radius 1 is 1.14 bits per heavy atom. The smallest absolute Gasteiger partial charge is 0.246 e. The van der Waals surface area contributed by atoms with Crippen molar-refractivity contribution >= 4 is 21.5 Å². The first-order chi connectivity index (χ1) is 13.6. The summed E-state index contributed by atoms with van der Waals surface area (Å²) < 4.78 is 28.2. The standard InChI is InChI=1S/C20H29N5O3S/c1-15-20(29(27,28)22(4)5)16(2)25(21-15)14-23-10-12-24(13-11-23)19-8-6-18(7-9-19)17(3)26/h6-9H,10-14H2,1-5H3/p+1. The van der Waals surface area contributed by atoms with Gasteiger partial charge in [-0.15, -0.1) is 0 Å². The van der Waals surface area contributed by atoms with Crippen LogP contribution in [0, 0.1) is 13.8 Å². The van der Waals surface area contributed by atoms with Crippen molar-refractivity contribution in [3.8, 4) is 0 Å². The lowest BCUT2D eigenvalue weighted by atomic mass is 10.1. The number of Topliss-reactive ketones (excluding diaryl/α,β-unsaturated/α-hetero) is 1. The Hall–Kier alpha value is -2.23. The van der Waals surface area contributed by atoms with Crippen molar-refractivity contribution in [2.75, 3.05) is 45.2 Å². The summed E-state index contributed by atoms with van der Waals surface area (Å²) in [7, 11) is -0.423. The highest BCUT2D eigenvalue weighted by molar-refractivity contribution is 7.89. The van der Waals surface area contributed by atoms with E-state index in [0.29, 0.717) is 23.0 Å². The predicted octanol–water partition coefficient (Wildman–Crippen LogP) is 0.315. The average molecular weight is 421 g/mol. The molecule has 0 bridgehead atoms. The number of quaternary nitrogens is 1. The lowest BCUT2D eigenvalue weighted by Crippen LogP contribution is -3.14. The van der Waals surface area contributed by atoms with Gasteiger partial charge in [0, 0.05) is 25.3 Å². The molecule has 1 aliphatic rings. The number of hydrogen-bond acceptors (Lipinski definition) is 5. The summed E-state index contributed by atoms with van der Waals surface area (Å²) in [5.74, 6) is 0.0753. The predicted molar refractivity (Wildman–Crippen MR) is 112 cm³/mol.